The van der Waals surface area contributed by atoms with Gasteiger partial charge in [0.25, 0.3) is 5.91 Å². The normalized spacial score (nSPS) is 25.5. The first kappa shape index (κ1) is 26.4. The number of ether oxygens (including phenoxy) is 1. The number of para-hydroxylation sites is 1. The Morgan fingerprint density at radius 3 is 2.12 bits per heavy atom. The van der Waals surface area contributed by atoms with Gasteiger partial charge in [0.15, 0.2) is 0 Å². The van der Waals surface area contributed by atoms with Gasteiger partial charge >= 0.3 is 0 Å². The summed E-state index contributed by atoms with van der Waals surface area (Å²) >= 11 is 0. The number of benzene rings is 2. The van der Waals surface area contributed by atoms with Crippen molar-refractivity contribution in [3.05, 3.63) is 66.2 Å². The lowest BCUT2D eigenvalue weighted by Crippen LogP contribution is -2.57. The third kappa shape index (κ3) is 5.92. The molecule has 32 heavy (non-hydrogen) atoms. The molecular formula is C23H31Cl2N3O4. The van der Waals surface area contributed by atoms with Crippen molar-refractivity contribution >= 4 is 36.4 Å². The van der Waals surface area contributed by atoms with E-state index in [2.05, 4.69) is 27.2 Å². The van der Waals surface area contributed by atoms with Crippen LogP contribution in [0.25, 0.3) is 0 Å². The Balaban J connectivity index is 0.00000181. The van der Waals surface area contributed by atoms with Crippen molar-refractivity contribution in [2.24, 2.45) is 0 Å². The molecule has 176 valence electrons. The standard InChI is InChI=1S/C23H29N3O4.2ClH/c27-16-20-22(28)21(19(30-20)15-24-23(29)17-7-3-1-4-8-17)26-13-11-25(12-14-26)18-9-5-2-6-10-18;;/h1-10,19-22,27-28H,11-16H2,(H,24,29);2*1H/t19-,20+,21+,22-;;/m1../s1. The van der Waals surface area contributed by atoms with Gasteiger partial charge in [-0.1, -0.05) is 36.4 Å². The van der Waals surface area contributed by atoms with Crippen LogP contribution in [0.1, 0.15) is 10.4 Å². The smallest absolute Gasteiger partial charge is 0.251 e. The van der Waals surface area contributed by atoms with Gasteiger partial charge in [0.2, 0.25) is 0 Å². The second-order valence-corrected chi connectivity index (χ2v) is 7.81. The number of carbonyl (C=O) groups excluding carboxylic acids is 1. The lowest BCUT2D eigenvalue weighted by Gasteiger charge is -2.41. The minimum absolute atomic E-state index is 0. The molecule has 0 bridgehead atoms. The average molecular weight is 484 g/mol. The van der Waals surface area contributed by atoms with Crippen molar-refractivity contribution in [1.29, 1.82) is 0 Å². The molecule has 1 amide bonds. The van der Waals surface area contributed by atoms with Gasteiger partial charge in [0.05, 0.1) is 18.8 Å². The maximum absolute atomic E-state index is 12.4. The van der Waals surface area contributed by atoms with Crippen LogP contribution in [-0.4, -0.2) is 84.7 Å². The van der Waals surface area contributed by atoms with Gasteiger partial charge in [0, 0.05) is 44.0 Å². The largest absolute Gasteiger partial charge is 0.394 e. The van der Waals surface area contributed by atoms with Crippen LogP contribution < -0.4 is 10.2 Å². The second kappa shape index (κ2) is 12.4. The molecule has 2 aliphatic rings. The van der Waals surface area contributed by atoms with E-state index in [0.717, 1.165) is 26.2 Å². The first-order valence-electron chi connectivity index (χ1n) is 10.5. The van der Waals surface area contributed by atoms with Gasteiger partial charge < -0.3 is 25.2 Å². The minimum atomic E-state index is -0.795. The van der Waals surface area contributed by atoms with E-state index in [1.165, 1.54) is 5.69 Å². The summed E-state index contributed by atoms with van der Waals surface area (Å²) in [6.45, 7) is 3.29. The summed E-state index contributed by atoms with van der Waals surface area (Å²) < 4.78 is 5.92. The Morgan fingerprint density at radius 2 is 1.53 bits per heavy atom. The molecule has 0 radical (unpaired) electrons. The Morgan fingerprint density at radius 1 is 0.938 bits per heavy atom. The zero-order chi connectivity index (χ0) is 20.9. The van der Waals surface area contributed by atoms with E-state index in [-0.39, 0.29) is 56.0 Å². The summed E-state index contributed by atoms with van der Waals surface area (Å²) in [5, 5.41) is 23.3. The van der Waals surface area contributed by atoms with Gasteiger partial charge in [-0.3, -0.25) is 9.69 Å². The number of rotatable bonds is 6. The summed E-state index contributed by atoms with van der Waals surface area (Å²) in [4.78, 5) is 17.0. The average Bonchev–Trinajstić information content (AvgIpc) is 3.14. The fourth-order valence-corrected chi connectivity index (χ4v) is 4.40. The van der Waals surface area contributed by atoms with Crippen LogP contribution in [-0.2, 0) is 4.74 Å². The van der Waals surface area contributed by atoms with Crippen LogP contribution in [0.4, 0.5) is 5.69 Å². The SMILES string of the molecule is Cl.Cl.O=C(NC[C@H]1O[C@@H](CO)[C@@H](O)[C@H]1N1CCN(c2ccccc2)CC1)c1ccccc1. The van der Waals surface area contributed by atoms with Crippen molar-refractivity contribution in [1.82, 2.24) is 10.2 Å². The third-order valence-electron chi connectivity index (χ3n) is 6.00. The van der Waals surface area contributed by atoms with Crippen molar-refractivity contribution < 1.29 is 19.7 Å². The molecule has 2 heterocycles. The van der Waals surface area contributed by atoms with Crippen LogP contribution in [0.2, 0.25) is 0 Å². The zero-order valence-corrected chi connectivity index (χ0v) is 19.4. The summed E-state index contributed by atoms with van der Waals surface area (Å²) in [5.74, 6) is -0.172. The summed E-state index contributed by atoms with van der Waals surface area (Å²) in [7, 11) is 0. The number of carbonyl (C=O) groups is 1. The molecule has 4 atom stereocenters. The quantitative estimate of drug-likeness (QED) is 0.578. The third-order valence-corrected chi connectivity index (χ3v) is 6.00. The van der Waals surface area contributed by atoms with Crippen LogP contribution in [0.3, 0.4) is 0 Å². The first-order chi connectivity index (χ1) is 14.7. The topological polar surface area (TPSA) is 85.3 Å². The fraction of sp³-hybridized carbons (Fsp3) is 0.435. The number of hydrogen-bond donors (Lipinski definition) is 3. The van der Waals surface area contributed by atoms with Gasteiger partial charge in [-0.05, 0) is 24.3 Å². The highest BCUT2D eigenvalue weighted by molar-refractivity contribution is 5.94. The Kier molecular flexibility index (Phi) is 10.2. The van der Waals surface area contributed by atoms with E-state index in [1.54, 1.807) is 12.1 Å². The number of piperazine rings is 1. The first-order valence-corrected chi connectivity index (χ1v) is 10.5. The Bertz CT molecular complexity index is 823. The molecule has 3 N–H and O–H groups in total. The van der Waals surface area contributed by atoms with Crippen molar-refractivity contribution in [3.63, 3.8) is 0 Å². The van der Waals surface area contributed by atoms with E-state index in [1.807, 2.05) is 36.4 Å². The Hall–Kier alpha value is -1.87. The highest BCUT2D eigenvalue weighted by atomic mass is 35.5. The van der Waals surface area contributed by atoms with E-state index >= 15 is 0 Å². The number of nitrogens with zero attached hydrogens (tertiary/aromatic N) is 2. The molecule has 9 heteroatoms. The van der Waals surface area contributed by atoms with Crippen molar-refractivity contribution in [2.75, 3.05) is 44.2 Å². The van der Waals surface area contributed by atoms with Crippen LogP contribution in [0.5, 0.6) is 0 Å². The number of anilines is 1. The van der Waals surface area contributed by atoms with Gasteiger partial charge in [0.1, 0.15) is 12.2 Å². The molecule has 7 nitrogen and oxygen atoms in total. The molecule has 0 spiro atoms. The van der Waals surface area contributed by atoms with Crippen LogP contribution >= 0.6 is 24.8 Å². The second-order valence-electron chi connectivity index (χ2n) is 7.81. The lowest BCUT2D eigenvalue weighted by atomic mass is 10.0. The van der Waals surface area contributed by atoms with E-state index in [9.17, 15) is 15.0 Å². The number of halogens is 2. The number of hydrogen-bond acceptors (Lipinski definition) is 6. The zero-order valence-electron chi connectivity index (χ0n) is 17.7. The van der Waals surface area contributed by atoms with E-state index in [0.29, 0.717) is 5.56 Å². The van der Waals surface area contributed by atoms with Crippen molar-refractivity contribution in [3.8, 4) is 0 Å². The molecule has 2 fully saturated rings. The number of nitrogens with one attached hydrogen (secondary N) is 1. The molecule has 2 saturated heterocycles. The summed E-state index contributed by atoms with van der Waals surface area (Å²) in [6.07, 6.45) is -1.81. The molecule has 0 aromatic heterocycles. The molecule has 4 rings (SSSR count). The Labute approximate surface area is 201 Å². The molecule has 0 unspecified atom stereocenters. The lowest BCUT2D eigenvalue weighted by molar-refractivity contribution is -0.0209. The predicted octanol–water partition coefficient (Wildman–Crippen LogP) is 1.57. The fourth-order valence-electron chi connectivity index (χ4n) is 4.40. The van der Waals surface area contributed by atoms with Crippen LogP contribution in [0, 0.1) is 0 Å². The molecule has 0 saturated carbocycles. The molecule has 2 aliphatic heterocycles. The number of amides is 1. The predicted molar refractivity (Wildman–Crippen MR) is 129 cm³/mol. The maximum atomic E-state index is 12.4. The van der Waals surface area contributed by atoms with Gasteiger partial charge in [-0.25, -0.2) is 0 Å². The molecule has 2 aromatic rings. The number of aliphatic hydroxyl groups is 2. The van der Waals surface area contributed by atoms with E-state index < -0.39 is 12.2 Å². The van der Waals surface area contributed by atoms with E-state index in [4.69, 9.17) is 4.74 Å². The highest BCUT2D eigenvalue weighted by Gasteiger charge is 2.46. The number of aliphatic hydroxyl groups excluding tert-OH is 2. The molecular weight excluding hydrogens is 453 g/mol. The minimum Gasteiger partial charge on any atom is -0.394 e. The van der Waals surface area contributed by atoms with Gasteiger partial charge in [-0.15, -0.1) is 24.8 Å². The van der Waals surface area contributed by atoms with Crippen LogP contribution in [0.15, 0.2) is 60.7 Å². The van der Waals surface area contributed by atoms with Gasteiger partial charge in [-0.2, -0.15) is 0 Å². The summed E-state index contributed by atoms with van der Waals surface area (Å²) in [5.41, 5.74) is 1.78. The molecule has 0 aliphatic carbocycles. The summed E-state index contributed by atoms with van der Waals surface area (Å²) in [6, 6.07) is 19.0. The monoisotopic (exact) mass is 483 g/mol. The maximum Gasteiger partial charge on any atom is 0.251 e. The molecule has 2 aromatic carbocycles. The highest BCUT2D eigenvalue weighted by Crippen LogP contribution is 2.27. The van der Waals surface area contributed by atoms with Crippen molar-refractivity contribution in [2.45, 2.75) is 24.4 Å².